The molecule has 0 atom stereocenters. The number of nitrogens with two attached hydrogens (primary N) is 1. The molecule has 2 aromatic rings. The summed E-state index contributed by atoms with van der Waals surface area (Å²) in [5.74, 6) is -2.22. The Labute approximate surface area is 89.1 Å². The van der Waals surface area contributed by atoms with Crippen LogP contribution in [0.5, 0.6) is 0 Å². The lowest BCUT2D eigenvalue weighted by Gasteiger charge is -1.99. The highest BCUT2D eigenvalue weighted by molar-refractivity contribution is 5.89. The minimum Gasteiger partial charge on any atom is -0.363 e. The molecule has 82 valence electrons. The van der Waals surface area contributed by atoms with Crippen LogP contribution < -0.4 is 5.73 Å². The molecule has 0 aliphatic carbocycles. The molecule has 1 heterocycles. The highest BCUT2D eigenvalue weighted by Gasteiger charge is 2.11. The summed E-state index contributed by atoms with van der Waals surface area (Å²) in [6.45, 7) is 0. The Kier molecular flexibility index (Phi) is 2.40. The summed E-state index contributed by atoms with van der Waals surface area (Å²) in [6.07, 6.45) is 1.26. The molecule has 0 unspecified atom stereocenters. The standard InChI is InChI=1S/C10H7F2N3O/c11-5-1-2-6(7(12)3-5)8-4-14-10(15-8)9(13)16/h1-4H,(H2,13,16)(H,14,15). The van der Waals surface area contributed by atoms with E-state index in [4.69, 9.17) is 5.73 Å². The Hall–Kier alpha value is -2.24. The fourth-order valence-corrected chi connectivity index (χ4v) is 1.29. The Morgan fingerprint density at radius 3 is 2.69 bits per heavy atom. The third-order valence-electron chi connectivity index (χ3n) is 2.03. The van der Waals surface area contributed by atoms with Crippen LogP contribution in [0.4, 0.5) is 8.78 Å². The molecule has 0 spiro atoms. The molecule has 16 heavy (non-hydrogen) atoms. The maximum atomic E-state index is 13.3. The normalized spacial score (nSPS) is 10.4. The first-order valence-corrected chi connectivity index (χ1v) is 4.38. The van der Waals surface area contributed by atoms with Crippen molar-refractivity contribution >= 4 is 5.91 Å². The summed E-state index contributed by atoms with van der Waals surface area (Å²) in [5.41, 5.74) is 5.38. The number of amides is 1. The van der Waals surface area contributed by atoms with Crippen molar-refractivity contribution in [3.8, 4) is 11.3 Å². The lowest BCUT2D eigenvalue weighted by atomic mass is 10.1. The number of carbonyl (C=O) groups excluding carboxylic acids is 1. The first kappa shape index (κ1) is 10.3. The Balaban J connectivity index is 2.46. The molecule has 0 aliphatic heterocycles. The fourth-order valence-electron chi connectivity index (χ4n) is 1.29. The van der Waals surface area contributed by atoms with E-state index in [1.54, 1.807) is 0 Å². The van der Waals surface area contributed by atoms with Crippen LogP contribution in [-0.4, -0.2) is 15.9 Å². The minimum absolute atomic E-state index is 0.0706. The first-order chi connectivity index (χ1) is 7.58. The van der Waals surface area contributed by atoms with Crippen molar-refractivity contribution in [1.82, 2.24) is 9.97 Å². The largest absolute Gasteiger partial charge is 0.363 e. The average molecular weight is 223 g/mol. The van der Waals surface area contributed by atoms with Crippen LogP contribution in [0.1, 0.15) is 10.6 Å². The molecule has 3 N–H and O–H groups in total. The molecule has 0 bridgehead atoms. The zero-order valence-corrected chi connectivity index (χ0v) is 8.00. The number of carbonyl (C=O) groups is 1. The van der Waals surface area contributed by atoms with Gasteiger partial charge in [0.05, 0.1) is 11.9 Å². The molecule has 6 heteroatoms. The number of halogens is 2. The average Bonchev–Trinajstić information content (AvgIpc) is 2.66. The highest BCUT2D eigenvalue weighted by Crippen LogP contribution is 2.21. The smallest absolute Gasteiger partial charge is 0.284 e. The van der Waals surface area contributed by atoms with Gasteiger partial charge in [-0.2, -0.15) is 0 Å². The van der Waals surface area contributed by atoms with E-state index in [1.165, 1.54) is 12.3 Å². The Bertz CT molecular complexity index is 551. The second kappa shape index (κ2) is 3.73. The fraction of sp³-hybridized carbons (Fsp3) is 0. The SMILES string of the molecule is NC(=O)c1ncc(-c2ccc(F)cc2F)[nH]1. The van der Waals surface area contributed by atoms with Gasteiger partial charge in [-0.3, -0.25) is 4.79 Å². The molecular formula is C10H7F2N3O. The van der Waals surface area contributed by atoms with E-state index in [0.29, 0.717) is 0 Å². The van der Waals surface area contributed by atoms with Crippen LogP contribution in [0.25, 0.3) is 11.3 Å². The highest BCUT2D eigenvalue weighted by atomic mass is 19.1. The maximum Gasteiger partial charge on any atom is 0.284 e. The van der Waals surface area contributed by atoms with Crippen molar-refractivity contribution < 1.29 is 13.6 Å². The number of rotatable bonds is 2. The third kappa shape index (κ3) is 1.77. The van der Waals surface area contributed by atoms with Gasteiger partial charge in [0.2, 0.25) is 0 Å². The minimum atomic E-state index is -0.742. The third-order valence-corrected chi connectivity index (χ3v) is 2.03. The van der Waals surface area contributed by atoms with E-state index in [0.717, 1.165) is 12.1 Å². The number of H-pyrrole nitrogens is 1. The van der Waals surface area contributed by atoms with Crippen molar-refractivity contribution in [3.63, 3.8) is 0 Å². The molecule has 2 rings (SSSR count). The van der Waals surface area contributed by atoms with Crippen LogP contribution in [0.2, 0.25) is 0 Å². The van der Waals surface area contributed by atoms with Gasteiger partial charge in [-0.15, -0.1) is 0 Å². The van der Waals surface area contributed by atoms with Gasteiger partial charge in [0.25, 0.3) is 5.91 Å². The molecule has 0 aliphatic rings. The Morgan fingerprint density at radius 1 is 1.38 bits per heavy atom. The second-order valence-corrected chi connectivity index (χ2v) is 3.13. The number of nitrogens with zero attached hydrogens (tertiary/aromatic N) is 1. The summed E-state index contributed by atoms with van der Waals surface area (Å²) in [7, 11) is 0. The molecule has 1 aromatic heterocycles. The van der Waals surface area contributed by atoms with Gasteiger partial charge in [0.1, 0.15) is 11.6 Å². The molecule has 0 saturated heterocycles. The Morgan fingerprint density at radius 2 is 2.12 bits per heavy atom. The quantitative estimate of drug-likeness (QED) is 0.808. The van der Waals surface area contributed by atoms with E-state index in [1.807, 2.05) is 0 Å². The lowest BCUT2D eigenvalue weighted by Crippen LogP contribution is -2.12. The van der Waals surface area contributed by atoms with E-state index in [2.05, 4.69) is 9.97 Å². The number of imidazole rings is 1. The van der Waals surface area contributed by atoms with Gasteiger partial charge < -0.3 is 10.7 Å². The first-order valence-electron chi connectivity index (χ1n) is 4.38. The number of primary amides is 1. The number of nitrogens with one attached hydrogen (secondary N) is 1. The number of hydrogen-bond acceptors (Lipinski definition) is 2. The van der Waals surface area contributed by atoms with Crippen LogP contribution >= 0.6 is 0 Å². The molecule has 0 radical (unpaired) electrons. The van der Waals surface area contributed by atoms with Crippen LogP contribution in [0.15, 0.2) is 24.4 Å². The molecule has 0 saturated carbocycles. The van der Waals surface area contributed by atoms with Crippen molar-refractivity contribution in [3.05, 3.63) is 41.9 Å². The van der Waals surface area contributed by atoms with Gasteiger partial charge in [-0.1, -0.05) is 0 Å². The monoisotopic (exact) mass is 223 g/mol. The second-order valence-electron chi connectivity index (χ2n) is 3.13. The maximum absolute atomic E-state index is 13.3. The van der Waals surface area contributed by atoms with Gasteiger partial charge >= 0.3 is 0 Å². The number of aromatic nitrogens is 2. The van der Waals surface area contributed by atoms with Gasteiger partial charge in [0, 0.05) is 11.6 Å². The molecule has 1 amide bonds. The van der Waals surface area contributed by atoms with Crippen molar-refractivity contribution in [2.45, 2.75) is 0 Å². The molecule has 1 aromatic carbocycles. The van der Waals surface area contributed by atoms with Crippen LogP contribution in [0, 0.1) is 11.6 Å². The van der Waals surface area contributed by atoms with E-state index < -0.39 is 17.5 Å². The predicted molar refractivity (Wildman–Crippen MR) is 52.5 cm³/mol. The lowest BCUT2D eigenvalue weighted by molar-refractivity contribution is 0.0991. The molecular weight excluding hydrogens is 216 g/mol. The molecule has 0 fully saturated rings. The summed E-state index contributed by atoms with van der Waals surface area (Å²) in [6, 6.07) is 3.12. The number of aromatic amines is 1. The van der Waals surface area contributed by atoms with Gasteiger partial charge in [0.15, 0.2) is 5.82 Å². The van der Waals surface area contributed by atoms with Crippen molar-refractivity contribution in [1.29, 1.82) is 0 Å². The van der Waals surface area contributed by atoms with Gasteiger partial charge in [-0.05, 0) is 12.1 Å². The van der Waals surface area contributed by atoms with Crippen molar-refractivity contribution in [2.24, 2.45) is 5.73 Å². The topological polar surface area (TPSA) is 71.8 Å². The van der Waals surface area contributed by atoms with E-state index >= 15 is 0 Å². The van der Waals surface area contributed by atoms with E-state index in [9.17, 15) is 13.6 Å². The number of benzene rings is 1. The summed E-state index contributed by atoms with van der Waals surface area (Å²) in [4.78, 5) is 17.0. The van der Waals surface area contributed by atoms with Crippen LogP contribution in [-0.2, 0) is 0 Å². The zero-order valence-electron chi connectivity index (χ0n) is 8.00. The van der Waals surface area contributed by atoms with Crippen LogP contribution in [0.3, 0.4) is 0 Å². The molecule has 4 nitrogen and oxygen atoms in total. The van der Waals surface area contributed by atoms with Crippen molar-refractivity contribution in [2.75, 3.05) is 0 Å². The number of hydrogen-bond donors (Lipinski definition) is 2. The summed E-state index contributed by atoms with van der Waals surface area (Å²) < 4.78 is 26.0. The zero-order chi connectivity index (χ0) is 11.7. The predicted octanol–water partition coefficient (Wildman–Crippen LogP) is 1.45. The summed E-state index contributed by atoms with van der Waals surface area (Å²) in [5, 5.41) is 0. The van der Waals surface area contributed by atoms with E-state index in [-0.39, 0.29) is 17.1 Å². The van der Waals surface area contributed by atoms with Gasteiger partial charge in [-0.25, -0.2) is 13.8 Å². The summed E-state index contributed by atoms with van der Waals surface area (Å²) >= 11 is 0.